The molecule has 1 atom stereocenters. The molecule has 1 aliphatic carbocycles. The van der Waals surface area contributed by atoms with Crippen LogP contribution in [0.25, 0.3) is 17.3 Å². The number of carbonyl (C=O) groups excluding carboxylic acids is 1. The van der Waals surface area contributed by atoms with Gasteiger partial charge in [-0.3, -0.25) is 14.3 Å². The number of imidazole rings is 1. The summed E-state index contributed by atoms with van der Waals surface area (Å²) in [6.07, 6.45) is 14.2. The van der Waals surface area contributed by atoms with E-state index in [1.165, 1.54) is 12.8 Å². The van der Waals surface area contributed by atoms with Gasteiger partial charge in [0, 0.05) is 43.4 Å². The van der Waals surface area contributed by atoms with Crippen molar-refractivity contribution < 1.29 is 4.79 Å². The molecule has 0 N–H and O–H groups in total. The number of aromatic nitrogens is 5. The maximum absolute atomic E-state index is 13.0. The maximum atomic E-state index is 13.0. The van der Waals surface area contributed by atoms with Crippen molar-refractivity contribution in [3.63, 3.8) is 0 Å². The summed E-state index contributed by atoms with van der Waals surface area (Å²) in [5.74, 6) is 2.28. The van der Waals surface area contributed by atoms with E-state index in [1.54, 1.807) is 29.7 Å². The highest BCUT2D eigenvalue weighted by molar-refractivity contribution is 6.04. The zero-order chi connectivity index (χ0) is 20.7. The average molecular weight is 403 g/mol. The summed E-state index contributed by atoms with van der Waals surface area (Å²) < 4.78 is 1.89. The van der Waals surface area contributed by atoms with E-state index in [2.05, 4.69) is 26.8 Å². The van der Waals surface area contributed by atoms with Gasteiger partial charge in [0.05, 0.1) is 6.20 Å². The van der Waals surface area contributed by atoms with Gasteiger partial charge in [-0.1, -0.05) is 19.8 Å². The van der Waals surface area contributed by atoms with Crippen LogP contribution in [0.5, 0.6) is 0 Å². The van der Waals surface area contributed by atoms with Crippen LogP contribution in [0.15, 0.2) is 43.1 Å². The zero-order valence-electron chi connectivity index (χ0n) is 17.3. The lowest BCUT2D eigenvalue weighted by atomic mass is 10.0. The summed E-state index contributed by atoms with van der Waals surface area (Å²) in [6, 6.07) is 4.00. The Bertz CT molecular complexity index is 1060. The molecule has 0 aromatic carbocycles. The highest BCUT2D eigenvalue weighted by Crippen LogP contribution is 2.39. The Morgan fingerprint density at radius 2 is 1.87 bits per heavy atom. The summed E-state index contributed by atoms with van der Waals surface area (Å²) in [5.41, 5.74) is 1.72. The van der Waals surface area contributed by atoms with E-state index >= 15 is 0 Å². The van der Waals surface area contributed by atoms with Crippen LogP contribution in [0, 0.1) is 0 Å². The first kappa shape index (κ1) is 18.7. The van der Waals surface area contributed by atoms with Crippen LogP contribution >= 0.6 is 0 Å². The summed E-state index contributed by atoms with van der Waals surface area (Å²) in [4.78, 5) is 35.2. The van der Waals surface area contributed by atoms with Crippen molar-refractivity contribution in [2.75, 3.05) is 16.8 Å². The average Bonchev–Trinajstić information content (AvgIpc) is 3.48. The summed E-state index contributed by atoms with van der Waals surface area (Å²) >= 11 is 0. The van der Waals surface area contributed by atoms with Gasteiger partial charge in [-0.05, 0) is 31.4 Å². The molecule has 30 heavy (non-hydrogen) atoms. The van der Waals surface area contributed by atoms with Crippen molar-refractivity contribution in [1.29, 1.82) is 0 Å². The van der Waals surface area contributed by atoms with Crippen LogP contribution in [0.4, 0.5) is 11.5 Å². The van der Waals surface area contributed by atoms with Gasteiger partial charge in [0.2, 0.25) is 11.9 Å². The molecule has 3 aromatic rings. The largest absolute Gasteiger partial charge is 0.340 e. The minimum absolute atomic E-state index is 0.119. The number of nitrogens with zero attached hydrogens (tertiary/aromatic N) is 7. The first-order valence-electron chi connectivity index (χ1n) is 10.6. The van der Waals surface area contributed by atoms with Gasteiger partial charge >= 0.3 is 0 Å². The van der Waals surface area contributed by atoms with Crippen LogP contribution in [0.1, 0.15) is 39.0 Å². The molecule has 8 heteroatoms. The fourth-order valence-electron chi connectivity index (χ4n) is 4.67. The number of rotatable bonds is 4. The smallest absolute Gasteiger partial charge is 0.249 e. The molecule has 1 saturated carbocycles. The quantitative estimate of drug-likeness (QED) is 0.665. The molecule has 0 saturated heterocycles. The number of hydrogen-bond acceptors (Lipinski definition) is 6. The second kappa shape index (κ2) is 7.51. The molecule has 4 heterocycles. The van der Waals surface area contributed by atoms with E-state index < -0.39 is 0 Å². The molecule has 2 aliphatic rings. The molecular formula is C22H25N7O. The Morgan fingerprint density at radius 3 is 2.60 bits per heavy atom. The highest BCUT2D eigenvalue weighted by Gasteiger charge is 2.41. The molecule has 3 aromatic heterocycles. The van der Waals surface area contributed by atoms with Crippen LogP contribution < -0.4 is 9.80 Å². The second-order valence-electron chi connectivity index (χ2n) is 7.90. The van der Waals surface area contributed by atoms with Gasteiger partial charge in [-0.25, -0.2) is 9.97 Å². The first-order valence-corrected chi connectivity index (χ1v) is 10.6. The normalized spacial score (nSPS) is 19.4. The number of hydrogen-bond donors (Lipinski definition) is 0. The lowest BCUT2D eigenvalue weighted by Crippen LogP contribution is -2.55. The Hall–Kier alpha value is -3.29. The molecule has 0 radical (unpaired) electrons. The zero-order valence-corrected chi connectivity index (χ0v) is 17.3. The number of amides is 1. The van der Waals surface area contributed by atoms with E-state index in [9.17, 15) is 4.79 Å². The molecule has 8 nitrogen and oxygen atoms in total. The minimum atomic E-state index is -0.184. The first-order chi connectivity index (χ1) is 14.7. The Labute approximate surface area is 175 Å². The summed E-state index contributed by atoms with van der Waals surface area (Å²) in [7, 11) is 1.82. The number of likely N-dealkylation sites (N-methyl/N-ethyl adjacent to an activating group) is 1. The van der Waals surface area contributed by atoms with E-state index in [0.717, 1.165) is 42.2 Å². The highest BCUT2D eigenvalue weighted by atomic mass is 16.2. The molecule has 5 rings (SSSR count). The maximum Gasteiger partial charge on any atom is 0.249 e. The monoisotopic (exact) mass is 403 g/mol. The van der Waals surface area contributed by atoms with Gasteiger partial charge in [-0.2, -0.15) is 4.98 Å². The SMILES string of the molecule is CC[C@@H]1C(=O)N(C)c2cnc(-n3ccnc3-c3ccncc3)nc2N1C1CCCC1. The van der Waals surface area contributed by atoms with Crippen molar-refractivity contribution in [3.05, 3.63) is 43.1 Å². The number of anilines is 2. The number of carbonyl (C=O) groups is 1. The summed E-state index contributed by atoms with van der Waals surface area (Å²) in [6.45, 7) is 2.07. The van der Waals surface area contributed by atoms with Gasteiger partial charge < -0.3 is 9.80 Å². The Kier molecular flexibility index (Phi) is 4.69. The fraction of sp³-hybridized carbons (Fsp3) is 0.409. The molecule has 1 aliphatic heterocycles. The third kappa shape index (κ3) is 2.94. The van der Waals surface area contributed by atoms with Crippen LogP contribution in [-0.2, 0) is 4.79 Å². The van der Waals surface area contributed by atoms with Crippen molar-refractivity contribution in [3.8, 4) is 17.3 Å². The topological polar surface area (TPSA) is 80.0 Å². The predicted octanol–water partition coefficient (Wildman–Crippen LogP) is 3.23. The molecule has 0 bridgehead atoms. The van der Waals surface area contributed by atoms with E-state index in [0.29, 0.717) is 12.0 Å². The number of fused-ring (bicyclic) bond motifs is 1. The molecule has 1 amide bonds. The predicted molar refractivity (Wildman–Crippen MR) is 115 cm³/mol. The van der Waals surface area contributed by atoms with Gasteiger partial charge in [0.15, 0.2) is 5.82 Å². The third-order valence-corrected chi connectivity index (χ3v) is 6.19. The van der Waals surface area contributed by atoms with Crippen molar-refractivity contribution in [2.45, 2.75) is 51.1 Å². The van der Waals surface area contributed by atoms with Crippen molar-refractivity contribution in [1.82, 2.24) is 24.5 Å². The second-order valence-corrected chi connectivity index (χ2v) is 7.90. The van der Waals surface area contributed by atoms with Crippen molar-refractivity contribution in [2.24, 2.45) is 0 Å². The lowest BCUT2D eigenvalue weighted by Gasteiger charge is -2.43. The van der Waals surface area contributed by atoms with Gasteiger partial charge in [-0.15, -0.1) is 0 Å². The fourth-order valence-corrected chi connectivity index (χ4v) is 4.67. The van der Waals surface area contributed by atoms with Gasteiger partial charge in [0.25, 0.3) is 0 Å². The third-order valence-electron chi connectivity index (χ3n) is 6.19. The lowest BCUT2D eigenvalue weighted by molar-refractivity contribution is -0.120. The minimum Gasteiger partial charge on any atom is -0.340 e. The van der Waals surface area contributed by atoms with Crippen LogP contribution in [0.2, 0.25) is 0 Å². The van der Waals surface area contributed by atoms with E-state index in [1.807, 2.05) is 29.9 Å². The summed E-state index contributed by atoms with van der Waals surface area (Å²) in [5, 5.41) is 0. The molecular weight excluding hydrogens is 378 g/mol. The standard InChI is InChI=1S/C22H25N7O/c1-3-17-21(30)27(2)18-14-25-22(26-20(18)29(17)16-6-4-5-7-16)28-13-12-24-19(28)15-8-10-23-11-9-15/h8-14,16-17H,3-7H2,1-2H3/t17-/m1/s1. The molecule has 0 unspecified atom stereocenters. The van der Waals surface area contributed by atoms with E-state index in [-0.39, 0.29) is 11.9 Å². The molecule has 154 valence electrons. The van der Waals surface area contributed by atoms with Gasteiger partial charge in [0.1, 0.15) is 17.6 Å². The van der Waals surface area contributed by atoms with E-state index in [4.69, 9.17) is 4.98 Å². The molecule has 0 spiro atoms. The van der Waals surface area contributed by atoms with Crippen molar-refractivity contribution >= 4 is 17.4 Å². The Balaban J connectivity index is 1.63. The number of pyridine rings is 1. The van der Waals surface area contributed by atoms with Crippen LogP contribution in [0.3, 0.4) is 0 Å². The molecule has 1 fully saturated rings. The Morgan fingerprint density at radius 1 is 1.10 bits per heavy atom. The van der Waals surface area contributed by atoms with Crippen LogP contribution in [-0.4, -0.2) is 49.5 Å².